The van der Waals surface area contributed by atoms with E-state index in [1.54, 1.807) is 26.2 Å². The predicted octanol–water partition coefficient (Wildman–Crippen LogP) is 1.02. The lowest BCUT2D eigenvalue weighted by atomic mass is 10.1. The van der Waals surface area contributed by atoms with Gasteiger partial charge in [-0.15, -0.1) is 0 Å². The number of aromatic nitrogens is 2. The molecule has 1 N–H and O–H groups in total. The number of rotatable bonds is 3. The van der Waals surface area contributed by atoms with E-state index in [-0.39, 0.29) is 10.9 Å². The van der Waals surface area contributed by atoms with Crippen molar-refractivity contribution in [2.45, 2.75) is 24.8 Å². The summed E-state index contributed by atoms with van der Waals surface area (Å²) in [6.45, 7) is 4.82. The van der Waals surface area contributed by atoms with Gasteiger partial charge in [0.2, 0.25) is 10.0 Å². The minimum atomic E-state index is -3.67. The minimum absolute atomic E-state index is 0.170. The Labute approximate surface area is 129 Å². The summed E-state index contributed by atoms with van der Waals surface area (Å²) in [6, 6.07) is 3.41. The first-order chi connectivity index (χ1) is 10.5. The molecular weight excluding hydrogens is 304 g/mol. The zero-order chi connectivity index (χ0) is 15.7. The zero-order valence-electron chi connectivity index (χ0n) is 12.5. The van der Waals surface area contributed by atoms with E-state index in [0.29, 0.717) is 31.1 Å². The summed E-state index contributed by atoms with van der Waals surface area (Å²) in [5, 5.41) is 7.00. The van der Waals surface area contributed by atoms with Gasteiger partial charge >= 0.3 is 0 Å². The van der Waals surface area contributed by atoms with Crippen LogP contribution in [0.25, 0.3) is 0 Å². The van der Waals surface area contributed by atoms with Crippen molar-refractivity contribution < 1.29 is 12.9 Å². The third kappa shape index (κ3) is 2.53. The van der Waals surface area contributed by atoms with Crippen molar-refractivity contribution in [3.05, 3.63) is 41.5 Å². The molecule has 0 amide bonds. The fraction of sp³-hybridized carbons (Fsp3) is 0.429. The SMILES string of the molecule is Cc1noc(C)c1S(=O)(=O)N1CCNCC1c1cccnc1. The first-order valence-electron chi connectivity index (χ1n) is 7.07. The number of hydrogen-bond donors (Lipinski definition) is 1. The molecule has 0 bridgehead atoms. The molecular formula is C14H18N4O3S. The lowest BCUT2D eigenvalue weighted by Crippen LogP contribution is -2.48. The molecule has 1 atom stereocenters. The highest BCUT2D eigenvalue weighted by Gasteiger charge is 2.37. The monoisotopic (exact) mass is 322 g/mol. The van der Waals surface area contributed by atoms with Crippen LogP contribution in [0.2, 0.25) is 0 Å². The lowest BCUT2D eigenvalue weighted by Gasteiger charge is -2.35. The molecule has 22 heavy (non-hydrogen) atoms. The molecule has 0 radical (unpaired) electrons. The van der Waals surface area contributed by atoms with E-state index in [4.69, 9.17) is 4.52 Å². The van der Waals surface area contributed by atoms with Crippen LogP contribution in [0, 0.1) is 13.8 Å². The van der Waals surface area contributed by atoms with Gasteiger partial charge in [-0.25, -0.2) is 8.42 Å². The quantitative estimate of drug-likeness (QED) is 0.908. The average molecular weight is 322 g/mol. The summed E-state index contributed by atoms with van der Waals surface area (Å²) in [5.41, 5.74) is 1.26. The van der Waals surface area contributed by atoms with Gasteiger partial charge in [0.15, 0.2) is 5.76 Å². The Morgan fingerprint density at radius 1 is 1.41 bits per heavy atom. The Morgan fingerprint density at radius 3 is 2.86 bits per heavy atom. The standard InChI is InChI=1S/C14H18N4O3S/c1-10-14(11(2)21-17-10)22(19,20)18-7-6-16-9-13(18)12-4-3-5-15-8-12/h3-5,8,13,16H,6-7,9H2,1-2H3. The number of pyridine rings is 1. The third-order valence-corrected chi connectivity index (χ3v) is 5.95. The van der Waals surface area contributed by atoms with Gasteiger partial charge in [0.25, 0.3) is 0 Å². The van der Waals surface area contributed by atoms with E-state index < -0.39 is 10.0 Å². The van der Waals surface area contributed by atoms with Crippen LogP contribution in [-0.4, -0.2) is 42.5 Å². The van der Waals surface area contributed by atoms with Crippen molar-refractivity contribution in [2.24, 2.45) is 0 Å². The lowest BCUT2D eigenvalue weighted by molar-refractivity contribution is 0.270. The van der Waals surface area contributed by atoms with Crippen LogP contribution in [0.4, 0.5) is 0 Å². The largest absolute Gasteiger partial charge is 0.360 e. The van der Waals surface area contributed by atoms with Gasteiger partial charge in [0.05, 0.1) is 6.04 Å². The molecule has 0 spiro atoms. The maximum Gasteiger partial charge on any atom is 0.249 e. The van der Waals surface area contributed by atoms with Gasteiger partial charge in [-0.3, -0.25) is 4.98 Å². The Kier molecular flexibility index (Phi) is 3.98. The maximum absolute atomic E-state index is 13.1. The van der Waals surface area contributed by atoms with Crippen LogP contribution in [0.1, 0.15) is 23.1 Å². The molecule has 118 valence electrons. The average Bonchev–Trinajstić information content (AvgIpc) is 2.88. The van der Waals surface area contributed by atoms with E-state index in [2.05, 4.69) is 15.5 Å². The van der Waals surface area contributed by atoms with Crippen LogP contribution in [0.5, 0.6) is 0 Å². The van der Waals surface area contributed by atoms with E-state index in [0.717, 1.165) is 5.56 Å². The molecule has 1 aliphatic heterocycles. The van der Waals surface area contributed by atoms with E-state index in [9.17, 15) is 8.42 Å². The van der Waals surface area contributed by atoms with E-state index in [1.165, 1.54) is 4.31 Å². The second-order valence-electron chi connectivity index (χ2n) is 5.28. The molecule has 0 saturated carbocycles. The Hall–Kier alpha value is -1.77. The third-order valence-electron chi connectivity index (χ3n) is 3.80. The fourth-order valence-electron chi connectivity index (χ4n) is 2.79. The van der Waals surface area contributed by atoms with E-state index >= 15 is 0 Å². The molecule has 0 aromatic carbocycles. The minimum Gasteiger partial charge on any atom is -0.360 e. The summed E-state index contributed by atoms with van der Waals surface area (Å²) in [5.74, 6) is 0.320. The van der Waals surface area contributed by atoms with Gasteiger partial charge in [0.1, 0.15) is 10.6 Å². The van der Waals surface area contributed by atoms with Crippen molar-refractivity contribution in [2.75, 3.05) is 19.6 Å². The molecule has 2 aromatic heterocycles. The van der Waals surface area contributed by atoms with Crippen LogP contribution in [-0.2, 0) is 10.0 Å². The van der Waals surface area contributed by atoms with Crippen molar-refractivity contribution in [3.63, 3.8) is 0 Å². The number of nitrogens with one attached hydrogen (secondary N) is 1. The molecule has 8 heteroatoms. The van der Waals surface area contributed by atoms with Crippen LogP contribution in [0.3, 0.4) is 0 Å². The molecule has 0 aliphatic carbocycles. The summed E-state index contributed by atoms with van der Waals surface area (Å²) in [6.07, 6.45) is 3.38. The Balaban J connectivity index is 2.04. The fourth-order valence-corrected chi connectivity index (χ4v) is 4.70. The van der Waals surface area contributed by atoms with Gasteiger partial charge < -0.3 is 9.84 Å². The normalized spacial score (nSPS) is 20.2. The molecule has 1 fully saturated rings. The topological polar surface area (TPSA) is 88.3 Å². The second-order valence-corrected chi connectivity index (χ2v) is 7.10. The molecule has 3 rings (SSSR count). The second kappa shape index (κ2) is 5.79. The van der Waals surface area contributed by atoms with Gasteiger partial charge in [0, 0.05) is 32.0 Å². The molecule has 1 aliphatic rings. The summed E-state index contributed by atoms with van der Waals surface area (Å²) >= 11 is 0. The molecule has 1 saturated heterocycles. The van der Waals surface area contributed by atoms with Crippen molar-refractivity contribution in [1.82, 2.24) is 19.8 Å². The summed E-state index contributed by atoms with van der Waals surface area (Å²) in [4.78, 5) is 4.26. The number of aryl methyl sites for hydroxylation is 2. The number of hydrogen-bond acceptors (Lipinski definition) is 6. The first kappa shape index (κ1) is 15.1. The van der Waals surface area contributed by atoms with Gasteiger partial charge in [-0.05, 0) is 25.5 Å². The van der Waals surface area contributed by atoms with Crippen molar-refractivity contribution in [1.29, 1.82) is 0 Å². The molecule has 3 heterocycles. The van der Waals surface area contributed by atoms with Crippen molar-refractivity contribution in [3.8, 4) is 0 Å². The number of piperazine rings is 1. The number of nitrogens with zero attached hydrogens (tertiary/aromatic N) is 3. The van der Waals surface area contributed by atoms with Crippen LogP contribution >= 0.6 is 0 Å². The highest BCUT2D eigenvalue weighted by atomic mass is 32.2. The van der Waals surface area contributed by atoms with Crippen LogP contribution < -0.4 is 5.32 Å². The molecule has 7 nitrogen and oxygen atoms in total. The van der Waals surface area contributed by atoms with Gasteiger partial charge in [-0.1, -0.05) is 11.2 Å². The molecule has 1 unspecified atom stereocenters. The highest BCUT2D eigenvalue weighted by molar-refractivity contribution is 7.89. The maximum atomic E-state index is 13.1. The smallest absolute Gasteiger partial charge is 0.249 e. The summed E-state index contributed by atoms with van der Waals surface area (Å²) < 4.78 is 32.6. The van der Waals surface area contributed by atoms with Crippen molar-refractivity contribution >= 4 is 10.0 Å². The van der Waals surface area contributed by atoms with Gasteiger partial charge in [-0.2, -0.15) is 4.31 Å². The highest BCUT2D eigenvalue weighted by Crippen LogP contribution is 2.31. The molecule has 2 aromatic rings. The number of sulfonamides is 1. The zero-order valence-corrected chi connectivity index (χ0v) is 13.3. The summed E-state index contributed by atoms with van der Waals surface area (Å²) in [7, 11) is -3.67. The Bertz CT molecular complexity index is 738. The van der Waals surface area contributed by atoms with Crippen LogP contribution in [0.15, 0.2) is 33.9 Å². The van der Waals surface area contributed by atoms with E-state index in [1.807, 2.05) is 12.1 Å². The first-order valence-corrected chi connectivity index (χ1v) is 8.51. The predicted molar refractivity (Wildman–Crippen MR) is 79.7 cm³/mol. The Morgan fingerprint density at radius 2 is 2.23 bits per heavy atom.